The van der Waals surface area contributed by atoms with Crippen LogP contribution in [-0.4, -0.2) is 57.4 Å². The highest BCUT2D eigenvalue weighted by molar-refractivity contribution is 7.91. The minimum absolute atomic E-state index is 0.475. The van der Waals surface area contributed by atoms with Gasteiger partial charge in [0.1, 0.15) is 4.21 Å². The third kappa shape index (κ3) is 3.65. The van der Waals surface area contributed by atoms with Gasteiger partial charge in [0.25, 0.3) is 10.0 Å². The van der Waals surface area contributed by atoms with Crippen LogP contribution >= 0.6 is 11.3 Å². The summed E-state index contributed by atoms with van der Waals surface area (Å²) >= 11 is 1.33. The fraction of sp³-hybridized carbons (Fsp3) is 0.714. The Bertz CT molecular complexity index is 573. The molecule has 0 spiro atoms. The second-order valence-electron chi connectivity index (χ2n) is 5.95. The Kier molecular flexibility index (Phi) is 4.66. The summed E-state index contributed by atoms with van der Waals surface area (Å²) in [5.74, 6) is 0.870. The average molecular weight is 329 g/mol. The van der Waals surface area contributed by atoms with Crippen LogP contribution in [0.3, 0.4) is 0 Å². The summed E-state index contributed by atoms with van der Waals surface area (Å²) in [5.41, 5.74) is 1.04. The van der Waals surface area contributed by atoms with E-state index in [0.29, 0.717) is 23.8 Å². The van der Waals surface area contributed by atoms with Gasteiger partial charge in [-0.05, 0) is 42.8 Å². The molecular formula is C14H23N3O2S2. The average Bonchev–Trinajstić information content (AvgIpc) is 3.15. The van der Waals surface area contributed by atoms with Crippen molar-refractivity contribution in [3.8, 4) is 0 Å². The van der Waals surface area contributed by atoms with Crippen molar-refractivity contribution in [2.24, 2.45) is 5.92 Å². The van der Waals surface area contributed by atoms with Gasteiger partial charge in [0.05, 0.1) is 0 Å². The number of nitrogens with zero attached hydrogens (tertiary/aromatic N) is 2. The van der Waals surface area contributed by atoms with Crippen LogP contribution in [0.2, 0.25) is 0 Å². The molecule has 1 N–H and O–H groups in total. The van der Waals surface area contributed by atoms with Crippen LogP contribution in [0.15, 0.2) is 15.7 Å². The van der Waals surface area contributed by atoms with Crippen LogP contribution in [0.25, 0.3) is 0 Å². The van der Waals surface area contributed by atoms with E-state index in [4.69, 9.17) is 0 Å². The molecular weight excluding hydrogens is 306 g/mol. The maximum atomic E-state index is 12.6. The molecule has 1 aliphatic heterocycles. The van der Waals surface area contributed by atoms with Gasteiger partial charge in [-0.3, -0.25) is 0 Å². The maximum Gasteiger partial charge on any atom is 0.252 e. The Hall–Kier alpha value is -0.470. The monoisotopic (exact) mass is 329 g/mol. The van der Waals surface area contributed by atoms with E-state index in [-0.39, 0.29) is 0 Å². The number of hydrogen-bond donors (Lipinski definition) is 1. The first-order chi connectivity index (χ1) is 10.1. The van der Waals surface area contributed by atoms with Crippen LogP contribution in [0.5, 0.6) is 0 Å². The molecule has 1 aromatic heterocycles. The molecule has 2 heterocycles. The fourth-order valence-electron chi connectivity index (χ4n) is 2.73. The summed E-state index contributed by atoms with van der Waals surface area (Å²) in [7, 11) is -1.43. The number of sulfonamides is 1. The molecule has 1 saturated carbocycles. The molecule has 1 saturated heterocycles. The molecule has 0 aromatic carbocycles. The number of piperazine rings is 1. The minimum atomic E-state index is -3.30. The summed E-state index contributed by atoms with van der Waals surface area (Å²) < 4.78 is 27.4. The Morgan fingerprint density at radius 3 is 2.62 bits per heavy atom. The Balaban J connectivity index is 1.61. The normalized spacial score (nSPS) is 21.8. The van der Waals surface area contributed by atoms with Crippen LogP contribution in [-0.2, 0) is 16.6 Å². The molecule has 1 aromatic rings. The molecule has 118 valence electrons. The highest BCUT2D eigenvalue weighted by Crippen LogP contribution is 2.30. The predicted molar refractivity (Wildman–Crippen MR) is 85.0 cm³/mol. The van der Waals surface area contributed by atoms with Crippen molar-refractivity contribution in [2.45, 2.75) is 23.6 Å². The smallest absolute Gasteiger partial charge is 0.252 e. The quantitative estimate of drug-likeness (QED) is 0.852. The molecule has 3 rings (SSSR count). The van der Waals surface area contributed by atoms with Gasteiger partial charge in [-0.2, -0.15) is 4.31 Å². The maximum absolute atomic E-state index is 12.6. The molecule has 1 aliphatic carbocycles. The van der Waals surface area contributed by atoms with Crippen molar-refractivity contribution in [3.63, 3.8) is 0 Å². The summed E-state index contributed by atoms with van der Waals surface area (Å²) in [5, 5.41) is 4.97. The molecule has 0 atom stereocenters. The molecule has 0 radical (unpaired) electrons. The van der Waals surface area contributed by atoms with Gasteiger partial charge < -0.3 is 10.2 Å². The molecule has 2 fully saturated rings. The lowest BCUT2D eigenvalue weighted by atomic mass is 10.3. The molecule has 0 bridgehead atoms. The fourth-order valence-corrected chi connectivity index (χ4v) is 5.51. The van der Waals surface area contributed by atoms with Crippen molar-refractivity contribution < 1.29 is 8.42 Å². The van der Waals surface area contributed by atoms with Crippen molar-refractivity contribution >= 4 is 21.4 Å². The lowest BCUT2D eigenvalue weighted by molar-refractivity contribution is 0.182. The van der Waals surface area contributed by atoms with E-state index in [9.17, 15) is 8.42 Å². The topological polar surface area (TPSA) is 52.7 Å². The second kappa shape index (κ2) is 6.34. The van der Waals surface area contributed by atoms with Crippen LogP contribution in [0.1, 0.15) is 18.4 Å². The Labute approximate surface area is 131 Å². The van der Waals surface area contributed by atoms with Gasteiger partial charge in [0.2, 0.25) is 0 Å². The first-order valence-corrected chi connectivity index (χ1v) is 9.86. The second-order valence-corrected chi connectivity index (χ2v) is 9.03. The molecule has 7 heteroatoms. The standard InChI is InChI=1S/C14H23N3O2S2/c1-15-9-13-8-14(20-11-13)21(18,19)17-6-4-16(5-7-17)10-12-2-3-12/h8,11-12,15H,2-7,9-10H2,1H3. The Morgan fingerprint density at radius 2 is 2.00 bits per heavy atom. The third-order valence-corrected chi connectivity index (χ3v) is 7.51. The van der Waals surface area contributed by atoms with Gasteiger partial charge in [-0.15, -0.1) is 11.3 Å². The highest BCUT2D eigenvalue weighted by atomic mass is 32.2. The zero-order valence-electron chi connectivity index (χ0n) is 12.4. The van der Waals surface area contributed by atoms with Gasteiger partial charge in [-0.1, -0.05) is 0 Å². The summed E-state index contributed by atoms with van der Waals surface area (Å²) in [6, 6.07) is 1.80. The van der Waals surface area contributed by atoms with Gasteiger partial charge in [0.15, 0.2) is 0 Å². The summed E-state index contributed by atoms with van der Waals surface area (Å²) in [6.45, 7) is 4.83. The van der Waals surface area contributed by atoms with Gasteiger partial charge in [-0.25, -0.2) is 8.42 Å². The first-order valence-electron chi connectivity index (χ1n) is 7.54. The highest BCUT2D eigenvalue weighted by Gasteiger charge is 2.31. The lowest BCUT2D eigenvalue weighted by Crippen LogP contribution is -2.48. The van der Waals surface area contributed by atoms with Gasteiger partial charge >= 0.3 is 0 Å². The van der Waals surface area contributed by atoms with E-state index in [1.165, 1.54) is 24.2 Å². The summed E-state index contributed by atoms with van der Waals surface area (Å²) in [6.07, 6.45) is 2.70. The largest absolute Gasteiger partial charge is 0.316 e. The number of rotatable bonds is 6. The summed E-state index contributed by atoms with van der Waals surface area (Å²) in [4.78, 5) is 2.41. The predicted octanol–water partition coefficient (Wildman–Crippen LogP) is 1.18. The first kappa shape index (κ1) is 15.4. The minimum Gasteiger partial charge on any atom is -0.316 e. The van der Waals surface area contributed by atoms with E-state index < -0.39 is 10.0 Å². The molecule has 2 aliphatic rings. The number of thiophene rings is 1. The molecule has 5 nitrogen and oxygen atoms in total. The van der Waals surface area contributed by atoms with E-state index in [1.54, 1.807) is 10.4 Å². The Morgan fingerprint density at radius 1 is 1.29 bits per heavy atom. The molecule has 21 heavy (non-hydrogen) atoms. The number of hydrogen-bond acceptors (Lipinski definition) is 5. The van der Waals surface area contributed by atoms with E-state index in [0.717, 1.165) is 31.1 Å². The van der Waals surface area contributed by atoms with Crippen LogP contribution in [0.4, 0.5) is 0 Å². The SMILES string of the molecule is CNCc1csc(S(=O)(=O)N2CCN(CC3CC3)CC2)c1. The zero-order valence-corrected chi connectivity index (χ0v) is 14.0. The lowest BCUT2D eigenvalue weighted by Gasteiger charge is -2.33. The number of nitrogens with one attached hydrogen (secondary N) is 1. The van der Waals surface area contributed by atoms with Crippen molar-refractivity contribution in [1.82, 2.24) is 14.5 Å². The van der Waals surface area contributed by atoms with Crippen LogP contribution < -0.4 is 5.32 Å². The molecule has 0 amide bonds. The third-order valence-electron chi connectivity index (χ3n) is 4.15. The van der Waals surface area contributed by atoms with Crippen molar-refractivity contribution in [2.75, 3.05) is 39.8 Å². The molecule has 0 unspecified atom stereocenters. The van der Waals surface area contributed by atoms with Crippen molar-refractivity contribution in [1.29, 1.82) is 0 Å². The van der Waals surface area contributed by atoms with E-state index >= 15 is 0 Å². The van der Waals surface area contributed by atoms with Crippen LogP contribution in [0, 0.1) is 5.92 Å². The van der Waals surface area contributed by atoms with Crippen molar-refractivity contribution in [3.05, 3.63) is 17.0 Å². The van der Waals surface area contributed by atoms with E-state index in [2.05, 4.69) is 10.2 Å². The van der Waals surface area contributed by atoms with E-state index in [1.807, 2.05) is 12.4 Å². The zero-order chi connectivity index (χ0) is 14.9. The van der Waals surface area contributed by atoms with Gasteiger partial charge in [0, 0.05) is 39.3 Å².